The summed E-state index contributed by atoms with van der Waals surface area (Å²) in [4.78, 5) is 16.4. The Morgan fingerprint density at radius 3 is 2.56 bits per heavy atom. The normalized spacial score (nSPS) is 51.8. The van der Waals surface area contributed by atoms with E-state index in [9.17, 15) is 4.79 Å². The highest BCUT2D eigenvalue weighted by atomic mass is 17.1. The Labute approximate surface area is 162 Å². The molecule has 5 rings (SSSR count). The fraction of sp³-hybridized carbons (Fsp3) is 0.870. The van der Waals surface area contributed by atoms with E-state index < -0.39 is 0 Å². The molecule has 1 N–H and O–H groups in total. The summed E-state index contributed by atoms with van der Waals surface area (Å²) in [5.41, 5.74) is 2.03. The van der Waals surface area contributed by atoms with Crippen LogP contribution in [0.2, 0.25) is 0 Å². The van der Waals surface area contributed by atoms with Crippen molar-refractivity contribution < 1.29 is 19.7 Å². The molecule has 27 heavy (non-hydrogen) atoms. The van der Waals surface area contributed by atoms with Gasteiger partial charge in [0.2, 0.25) is 0 Å². The van der Waals surface area contributed by atoms with Crippen molar-refractivity contribution in [2.24, 2.45) is 40.4 Å². The topological polar surface area (TPSA) is 55.8 Å². The number of hydrogen-bond acceptors (Lipinski definition) is 4. The number of esters is 1. The quantitative estimate of drug-likeness (QED) is 0.420. The maximum Gasteiger partial charge on any atom is 0.331 e. The van der Waals surface area contributed by atoms with Crippen LogP contribution in [0, 0.1) is 40.4 Å². The van der Waals surface area contributed by atoms with Gasteiger partial charge in [0.25, 0.3) is 0 Å². The third kappa shape index (κ3) is 2.58. The lowest BCUT2D eigenvalue weighted by Crippen LogP contribution is -2.54. The minimum Gasteiger partial charge on any atom is -0.458 e. The van der Waals surface area contributed by atoms with Crippen molar-refractivity contribution in [3.8, 4) is 0 Å². The van der Waals surface area contributed by atoms with Gasteiger partial charge in [-0.3, -0.25) is 5.26 Å². The van der Waals surface area contributed by atoms with Gasteiger partial charge in [-0.15, -0.1) is 0 Å². The second kappa shape index (κ2) is 6.32. The molecule has 0 amide bonds. The zero-order valence-corrected chi connectivity index (χ0v) is 16.8. The monoisotopic (exact) mass is 374 g/mol. The number of fused-ring (bicyclic) bond motifs is 5. The maximum atomic E-state index is 11.6. The van der Waals surface area contributed by atoms with Crippen molar-refractivity contribution in [1.29, 1.82) is 0 Å². The van der Waals surface area contributed by atoms with Gasteiger partial charge in [0.05, 0.1) is 6.10 Å². The lowest BCUT2D eigenvalue weighted by Gasteiger charge is -2.61. The van der Waals surface area contributed by atoms with E-state index in [1.807, 2.05) is 0 Å². The van der Waals surface area contributed by atoms with Crippen LogP contribution in [0.5, 0.6) is 0 Å². The van der Waals surface area contributed by atoms with Gasteiger partial charge in [-0.05, 0) is 104 Å². The summed E-state index contributed by atoms with van der Waals surface area (Å²) in [6.07, 6.45) is 12.9. The largest absolute Gasteiger partial charge is 0.458 e. The summed E-state index contributed by atoms with van der Waals surface area (Å²) in [7, 11) is 0. The molecule has 4 aliphatic carbocycles. The predicted octanol–water partition coefficient (Wildman–Crippen LogP) is 4.99. The molecule has 0 spiro atoms. The van der Waals surface area contributed by atoms with Crippen LogP contribution in [-0.4, -0.2) is 23.9 Å². The zero-order valence-electron chi connectivity index (χ0n) is 16.8. The van der Waals surface area contributed by atoms with Crippen LogP contribution in [0.3, 0.4) is 0 Å². The molecule has 0 aromatic rings. The van der Waals surface area contributed by atoms with Crippen molar-refractivity contribution in [2.45, 2.75) is 77.7 Å². The number of hydrogen-bond donors (Lipinski definition) is 1. The molecule has 0 aromatic carbocycles. The SMILES string of the molecule is C[C@]12CC[C@H](OO)C[C@H]1CC[C@@H]1[C@@H]2CC[C@]2(C)[C@@H](C3=CC(=O)OC3)CC[C@@H]12. The molecule has 5 aliphatic rings. The zero-order chi connectivity index (χ0) is 18.8. The summed E-state index contributed by atoms with van der Waals surface area (Å²) >= 11 is 0. The molecule has 1 aliphatic heterocycles. The first-order valence-electron chi connectivity index (χ1n) is 11.1. The summed E-state index contributed by atoms with van der Waals surface area (Å²) in [5.74, 6) is 3.56. The molecule has 4 heteroatoms. The minimum absolute atomic E-state index is 0.0520. The Bertz CT molecular complexity index is 657. The van der Waals surface area contributed by atoms with E-state index in [0.29, 0.717) is 29.3 Å². The van der Waals surface area contributed by atoms with Crippen molar-refractivity contribution in [3.05, 3.63) is 11.6 Å². The van der Waals surface area contributed by atoms with Gasteiger partial charge in [0.15, 0.2) is 0 Å². The van der Waals surface area contributed by atoms with E-state index in [1.165, 1.54) is 50.5 Å². The Morgan fingerprint density at radius 2 is 1.81 bits per heavy atom. The third-order valence-electron chi connectivity index (χ3n) is 9.90. The van der Waals surface area contributed by atoms with Gasteiger partial charge in [-0.2, -0.15) is 0 Å². The molecule has 4 saturated carbocycles. The molecule has 0 aromatic heterocycles. The van der Waals surface area contributed by atoms with Crippen LogP contribution in [-0.2, 0) is 14.4 Å². The second-order valence-corrected chi connectivity index (χ2v) is 10.7. The Kier molecular flexibility index (Phi) is 4.25. The van der Waals surface area contributed by atoms with E-state index in [0.717, 1.165) is 30.6 Å². The average Bonchev–Trinajstić information content (AvgIpc) is 3.23. The minimum atomic E-state index is -0.137. The first-order valence-corrected chi connectivity index (χ1v) is 11.1. The Hall–Kier alpha value is -0.870. The maximum absolute atomic E-state index is 11.6. The van der Waals surface area contributed by atoms with Crippen LogP contribution >= 0.6 is 0 Å². The summed E-state index contributed by atoms with van der Waals surface area (Å²) in [5, 5.41) is 9.17. The van der Waals surface area contributed by atoms with Gasteiger partial charge >= 0.3 is 5.97 Å². The molecule has 4 nitrogen and oxygen atoms in total. The van der Waals surface area contributed by atoms with Crippen LogP contribution in [0.15, 0.2) is 11.6 Å². The summed E-state index contributed by atoms with van der Waals surface area (Å²) < 4.78 is 5.25. The second-order valence-electron chi connectivity index (χ2n) is 10.7. The summed E-state index contributed by atoms with van der Waals surface area (Å²) in [6.45, 7) is 5.59. The molecule has 0 unspecified atom stereocenters. The van der Waals surface area contributed by atoms with E-state index in [4.69, 9.17) is 14.9 Å². The molecule has 0 radical (unpaired) electrons. The Morgan fingerprint density at radius 1 is 1.04 bits per heavy atom. The Balaban J connectivity index is 1.39. The van der Waals surface area contributed by atoms with E-state index >= 15 is 0 Å². The standard InChI is InChI=1S/C23H34O4/c1-22-9-7-16(27-25)12-15(22)3-4-17-19-6-5-18(14-11-21(24)26-13-14)23(19,2)10-8-20(17)22/h11,15-20,25H,3-10,12-13H2,1-2H3/t15-,16+,17+,18-,19+,20+,22+,23-/m1/s1. The number of cyclic esters (lactones) is 1. The lowest BCUT2D eigenvalue weighted by molar-refractivity contribution is -0.295. The fourth-order valence-electron chi connectivity index (χ4n) is 8.51. The summed E-state index contributed by atoms with van der Waals surface area (Å²) in [6, 6.07) is 0. The first-order chi connectivity index (χ1) is 13.0. The van der Waals surface area contributed by atoms with Gasteiger partial charge in [0, 0.05) is 6.08 Å². The predicted molar refractivity (Wildman–Crippen MR) is 102 cm³/mol. The highest BCUT2D eigenvalue weighted by Gasteiger charge is 2.60. The van der Waals surface area contributed by atoms with E-state index in [-0.39, 0.29) is 12.1 Å². The molecule has 0 saturated heterocycles. The van der Waals surface area contributed by atoms with Crippen LogP contribution in [0.25, 0.3) is 0 Å². The van der Waals surface area contributed by atoms with Crippen molar-refractivity contribution >= 4 is 5.97 Å². The highest BCUT2D eigenvalue weighted by molar-refractivity contribution is 5.85. The van der Waals surface area contributed by atoms with E-state index in [2.05, 4.69) is 13.8 Å². The highest BCUT2D eigenvalue weighted by Crippen LogP contribution is 2.68. The van der Waals surface area contributed by atoms with Crippen molar-refractivity contribution in [1.82, 2.24) is 0 Å². The average molecular weight is 375 g/mol. The molecule has 150 valence electrons. The number of rotatable bonds is 2. The lowest BCUT2D eigenvalue weighted by atomic mass is 9.44. The molecule has 8 atom stereocenters. The van der Waals surface area contributed by atoms with Crippen LogP contribution in [0.1, 0.15) is 71.6 Å². The van der Waals surface area contributed by atoms with Gasteiger partial charge < -0.3 is 4.74 Å². The number of carbonyl (C=O) groups excluding carboxylic acids is 1. The molecule has 4 fully saturated rings. The number of carbonyl (C=O) groups is 1. The molecule has 0 bridgehead atoms. The first kappa shape index (κ1) is 18.2. The van der Waals surface area contributed by atoms with Gasteiger partial charge in [-0.1, -0.05) is 13.8 Å². The molecule has 1 heterocycles. The van der Waals surface area contributed by atoms with Crippen molar-refractivity contribution in [2.75, 3.05) is 6.61 Å². The van der Waals surface area contributed by atoms with E-state index in [1.54, 1.807) is 6.08 Å². The van der Waals surface area contributed by atoms with Gasteiger partial charge in [-0.25, -0.2) is 9.68 Å². The smallest absolute Gasteiger partial charge is 0.331 e. The van der Waals surface area contributed by atoms with Crippen LogP contribution < -0.4 is 0 Å². The van der Waals surface area contributed by atoms with Crippen LogP contribution in [0.4, 0.5) is 0 Å². The third-order valence-corrected chi connectivity index (χ3v) is 9.90. The number of ether oxygens (including phenoxy) is 1. The molecular weight excluding hydrogens is 340 g/mol. The van der Waals surface area contributed by atoms with Gasteiger partial charge in [0.1, 0.15) is 6.61 Å². The fourth-order valence-corrected chi connectivity index (χ4v) is 8.51. The molecular formula is C23H34O4. The van der Waals surface area contributed by atoms with Crippen molar-refractivity contribution in [3.63, 3.8) is 0 Å².